The van der Waals surface area contributed by atoms with Crippen LogP contribution in [0.15, 0.2) is 41.4 Å². The van der Waals surface area contributed by atoms with E-state index < -0.39 is 0 Å². The van der Waals surface area contributed by atoms with E-state index in [1.807, 2.05) is 0 Å². The highest BCUT2D eigenvalue weighted by Crippen LogP contribution is 2.26. The molecule has 0 spiro atoms. The van der Waals surface area contributed by atoms with E-state index in [0.29, 0.717) is 29.9 Å². The van der Waals surface area contributed by atoms with Crippen LogP contribution in [0, 0.1) is 0 Å². The molecule has 7 heteroatoms. The third-order valence-electron chi connectivity index (χ3n) is 3.48. The van der Waals surface area contributed by atoms with Crippen molar-refractivity contribution >= 4 is 12.5 Å². The number of hydrogen-bond acceptors (Lipinski definition) is 7. The molecule has 27 heavy (non-hydrogen) atoms. The lowest BCUT2D eigenvalue weighted by Gasteiger charge is -2.03. The Morgan fingerprint density at radius 2 is 1.48 bits per heavy atom. The van der Waals surface area contributed by atoms with E-state index in [1.165, 1.54) is 32.4 Å². The van der Waals surface area contributed by atoms with Crippen LogP contribution in [0.2, 0.25) is 0 Å². The quantitative estimate of drug-likeness (QED) is 0.372. The molecule has 0 saturated heterocycles. The molecule has 3 N–H and O–H groups in total. The summed E-state index contributed by atoms with van der Waals surface area (Å²) in [6, 6.07) is 9.49. The van der Waals surface area contributed by atoms with Gasteiger partial charge in [0.25, 0.3) is 0 Å². The van der Waals surface area contributed by atoms with Crippen LogP contribution < -0.4 is 9.47 Å². The predicted octanol–water partition coefficient (Wildman–Crippen LogP) is 2.81. The lowest BCUT2D eigenvalue weighted by atomic mass is 10.2. The Morgan fingerprint density at radius 1 is 0.926 bits per heavy atom. The number of aromatic hydroxyl groups is 2. The van der Waals surface area contributed by atoms with Gasteiger partial charge in [-0.15, -0.1) is 0 Å². The molecule has 0 aliphatic rings. The highest BCUT2D eigenvalue weighted by atomic mass is 16.5. The number of methoxy groups -OCH3 is 2. The summed E-state index contributed by atoms with van der Waals surface area (Å²) in [7, 11) is 2.95. The van der Waals surface area contributed by atoms with Gasteiger partial charge >= 0.3 is 0 Å². The summed E-state index contributed by atoms with van der Waals surface area (Å²) in [4.78, 5) is 14.5. The van der Waals surface area contributed by atoms with Gasteiger partial charge < -0.3 is 24.8 Å². The number of ether oxygens (including phenoxy) is 2. The lowest BCUT2D eigenvalue weighted by molar-refractivity contribution is 0.112. The summed E-state index contributed by atoms with van der Waals surface area (Å²) in [5.41, 5.74) is 1.37. The van der Waals surface area contributed by atoms with E-state index in [4.69, 9.17) is 19.7 Å². The second kappa shape index (κ2) is 12.3. The smallest absolute Gasteiger partial charge is 0.161 e. The molecule has 0 aromatic heterocycles. The number of aliphatic hydroxyl groups is 1. The SMILES string of the molecule is COc1cc(C=NCCCCO)ccc1O.COc1cc(C=O)ccc1O. The average Bonchev–Trinajstić information content (AvgIpc) is 2.70. The Morgan fingerprint density at radius 3 is 2.00 bits per heavy atom. The first-order valence-electron chi connectivity index (χ1n) is 8.35. The maximum absolute atomic E-state index is 10.2. The number of unbranched alkanes of at least 4 members (excludes halogenated alkanes) is 1. The largest absolute Gasteiger partial charge is 0.504 e. The van der Waals surface area contributed by atoms with Crippen molar-refractivity contribution in [3.05, 3.63) is 47.5 Å². The van der Waals surface area contributed by atoms with E-state index in [0.717, 1.165) is 18.4 Å². The van der Waals surface area contributed by atoms with Gasteiger partial charge in [0.1, 0.15) is 6.29 Å². The summed E-state index contributed by atoms with van der Waals surface area (Å²) in [6.45, 7) is 0.909. The van der Waals surface area contributed by atoms with Gasteiger partial charge in [0, 0.05) is 24.9 Å². The van der Waals surface area contributed by atoms with Crippen molar-refractivity contribution in [1.29, 1.82) is 0 Å². The highest BCUT2D eigenvalue weighted by Gasteiger charge is 2.01. The Labute approximate surface area is 158 Å². The number of hydrogen-bond donors (Lipinski definition) is 3. The minimum Gasteiger partial charge on any atom is -0.504 e. The fraction of sp³-hybridized carbons (Fsp3) is 0.300. The fourth-order valence-electron chi connectivity index (χ4n) is 2.03. The number of carbonyl (C=O) groups is 1. The molecular weight excluding hydrogens is 350 g/mol. The van der Waals surface area contributed by atoms with Crippen LogP contribution in [0.1, 0.15) is 28.8 Å². The molecule has 0 heterocycles. The Balaban J connectivity index is 0.000000289. The summed E-state index contributed by atoms with van der Waals surface area (Å²) in [5.74, 6) is 0.923. The summed E-state index contributed by atoms with van der Waals surface area (Å²) < 4.78 is 9.76. The third kappa shape index (κ3) is 7.79. The molecular formula is C20H25NO6. The van der Waals surface area contributed by atoms with Gasteiger partial charge in [-0.1, -0.05) is 0 Å². The van der Waals surface area contributed by atoms with Gasteiger partial charge in [-0.25, -0.2) is 0 Å². The molecule has 2 aromatic carbocycles. The van der Waals surface area contributed by atoms with Crippen LogP contribution in [0.5, 0.6) is 23.0 Å². The first-order chi connectivity index (χ1) is 13.0. The minimum atomic E-state index is 0.0399. The second-order valence-corrected chi connectivity index (χ2v) is 5.45. The first-order valence-corrected chi connectivity index (χ1v) is 8.35. The Bertz CT molecular complexity index is 745. The van der Waals surface area contributed by atoms with Crippen LogP contribution in [-0.4, -0.2) is 55.2 Å². The molecule has 0 amide bonds. The number of nitrogens with zero attached hydrogens (tertiary/aromatic N) is 1. The molecule has 0 atom stereocenters. The zero-order valence-electron chi connectivity index (χ0n) is 15.5. The molecule has 0 fully saturated rings. The van der Waals surface area contributed by atoms with E-state index in [-0.39, 0.29) is 18.1 Å². The van der Waals surface area contributed by atoms with Crippen molar-refractivity contribution in [1.82, 2.24) is 0 Å². The van der Waals surface area contributed by atoms with Crippen molar-refractivity contribution in [3.8, 4) is 23.0 Å². The Kier molecular flexibility index (Phi) is 10.0. The molecule has 0 saturated carbocycles. The van der Waals surface area contributed by atoms with Crippen molar-refractivity contribution < 1.29 is 29.6 Å². The van der Waals surface area contributed by atoms with Crippen molar-refractivity contribution in [2.24, 2.45) is 4.99 Å². The molecule has 2 aromatic rings. The number of aldehydes is 1. The van der Waals surface area contributed by atoms with E-state index in [1.54, 1.807) is 24.4 Å². The van der Waals surface area contributed by atoms with Crippen molar-refractivity contribution in [2.45, 2.75) is 12.8 Å². The van der Waals surface area contributed by atoms with Crippen LogP contribution in [0.4, 0.5) is 0 Å². The van der Waals surface area contributed by atoms with Gasteiger partial charge in [-0.2, -0.15) is 0 Å². The molecule has 2 rings (SSSR count). The van der Waals surface area contributed by atoms with Gasteiger partial charge in [-0.05, 0) is 54.8 Å². The lowest BCUT2D eigenvalue weighted by Crippen LogP contribution is -1.89. The minimum absolute atomic E-state index is 0.0399. The maximum atomic E-state index is 10.2. The molecule has 0 unspecified atom stereocenters. The molecule has 7 nitrogen and oxygen atoms in total. The number of benzene rings is 2. The van der Waals surface area contributed by atoms with Crippen LogP contribution in [-0.2, 0) is 0 Å². The van der Waals surface area contributed by atoms with Gasteiger partial charge in [-0.3, -0.25) is 9.79 Å². The molecule has 0 aliphatic carbocycles. The Hall–Kier alpha value is -3.06. The molecule has 0 bridgehead atoms. The third-order valence-corrected chi connectivity index (χ3v) is 3.48. The van der Waals surface area contributed by atoms with Crippen molar-refractivity contribution in [2.75, 3.05) is 27.4 Å². The number of aliphatic hydroxyl groups excluding tert-OH is 1. The molecule has 0 aliphatic heterocycles. The summed E-state index contributed by atoms with van der Waals surface area (Å²) in [5, 5.41) is 27.1. The van der Waals surface area contributed by atoms with Gasteiger partial charge in [0.2, 0.25) is 0 Å². The number of rotatable bonds is 8. The zero-order chi connectivity index (χ0) is 20.1. The summed E-state index contributed by atoms with van der Waals surface area (Å²) in [6.07, 6.45) is 4.08. The van der Waals surface area contributed by atoms with Crippen LogP contribution in [0.3, 0.4) is 0 Å². The number of phenolic OH excluding ortho intramolecular Hbond substituents is 2. The van der Waals surface area contributed by atoms with Crippen LogP contribution >= 0.6 is 0 Å². The number of phenols is 2. The zero-order valence-corrected chi connectivity index (χ0v) is 15.5. The number of carbonyl (C=O) groups excluding carboxylic acids is 1. The predicted molar refractivity (Wildman–Crippen MR) is 103 cm³/mol. The van der Waals surface area contributed by atoms with Crippen LogP contribution in [0.25, 0.3) is 0 Å². The summed E-state index contributed by atoms with van der Waals surface area (Å²) >= 11 is 0. The topological polar surface area (TPSA) is 109 Å². The number of aliphatic imine (C=N–C) groups is 1. The standard InChI is InChI=1S/C12H17NO3.C8H8O3/c1-16-12-8-10(4-5-11(12)15)9-13-6-2-3-7-14;1-11-8-4-6(5-9)2-3-7(8)10/h4-5,8-9,14-15H,2-3,6-7H2,1H3;2-5,10H,1H3. The monoisotopic (exact) mass is 375 g/mol. The fourth-order valence-corrected chi connectivity index (χ4v) is 2.03. The van der Waals surface area contributed by atoms with Gasteiger partial charge in [0.05, 0.1) is 14.2 Å². The second-order valence-electron chi connectivity index (χ2n) is 5.45. The van der Waals surface area contributed by atoms with E-state index >= 15 is 0 Å². The molecule has 146 valence electrons. The maximum Gasteiger partial charge on any atom is 0.161 e. The molecule has 0 radical (unpaired) electrons. The van der Waals surface area contributed by atoms with Crippen molar-refractivity contribution in [3.63, 3.8) is 0 Å². The first kappa shape index (κ1) is 22.0. The van der Waals surface area contributed by atoms with E-state index in [9.17, 15) is 9.90 Å². The normalized spacial score (nSPS) is 10.2. The van der Waals surface area contributed by atoms with Gasteiger partial charge in [0.15, 0.2) is 23.0 Å². The highest BCUT2D eigenvalue weighted by molar-refractivity contribution is 5.80. The van der Waals surface area contributed by atoms with E-state index in [2.05, 4.69) is 4.99 Å². The average molecular weight is 375 g/mol.